The summed E-state index contributed by atoms with van der Waals surface area (Å²) in [5.41, 5.74) is 2.53. The van der Waals surface area contributed by atoms with E-state index >= 15 is 0 Å². The van der Waals surface area contributed by atoms with E-state index in [1.54, 1.807) is 41.3 Å². The predicted molar refractivity (Wildman–Crippen MR) is 91.8 cm³/mol. The van der Waals surface area contributed by atoms with Crippen LogP contribution >= 0.6 is 0 Å². The molecule has 0 atom stereocenters. The third kappa shape index (κ3) is 3.44. The van der Waals surface area contributed by atoms with Crippen LogP contribution in [0.3, 0.4) is 0 Å². The van der Waals surface area contributed by atoms with E-state index in [-0.39, 0.29) is 11.8 Å². The fraction of sp³-hybridized carbons (Fsp3) is 0.211. The molecule has 2 aromatic carbocycles. The summed E-state index contributed by atoms with van der Waals surface area (Å²) in [7, 11) is 0. The molecule has 0 bridgehead atoms. The van der Waals surface area contributed by atoms with Gasteiger partial charge in [-0.25, -0.2) is 0 Å². The Kier molecular flexibility index (Phi) is 4.57. The summed E-state index contributed by atoms with van der Waals surface area (Å²) < 4.78 is 0. The topological polar surface area (TPSA) is 73.2 Å². The van der Waals surface area contributed by atoms with Gasteiger partial charge in [-0.05, 0) is 61.4 Å². The van der Waals surface area contributed by atoms with Crippen molar-refractivity contribution in [1.29, 1.82) is 5.26 Å². The average molecular weight is 319 g/mol. The molecule has 0 aliphatic carbocycles. The Balaban J connectivity index is 1.68. The summed E-state index contributed by atoms with van der Waals surface area (Å²) in [5, 5.41) is 11.6. The van der Waals surface area contributed by atoms with E-state index in [1.165, 1.54) is 0 Å². The van der Waals surface area contributed by atoms with Crippen LogP contribution in [-0.2, 0) is 4.79 Å². The van der Waals surface area contributed by atoms with Crippen molar-refractivity contribution < 1.29 is 9.59 Å². The maximum Gasteiger partial charge on any atom is 0.255 e. The van der Waals surface area contributed by atoms with Gasteiger partial charge in [0.2, 0.25) is 5.91 Å². The second-order valence-corrected chi connectivity index (χ2v) is 5.69. The fourth-order valence-corrected chi connectivity index (χ4v) is 2.70. The molecule has 1 N–H and O–H groups in total. The maximum absolute atomic E-state index is 12.2. The van der Waals surface area contributed by atoms with Gasteiger partial charge in [0.15, 0.2) is 0 Å². The molecule has 1 saturated heterocycles. The van der Waals surface area contributed by atoms with E-state index in [1.807, 2.05) is 18.2 Å². The van der Waals surface area contributed by atoms with Gasteiger partial charge in [-0.1, -0.05) is 0 Å². The number of hydrogen-bond acceptors (Lipinski definition) is 3. The second-order valence-electron chi connectivity index (χ2n) is 5.69. The molecule has 2 aromatic rings. The Bertz CT molecular complexity index is 789. The number of amides is 2. The maximum atomic E-state index is 12.2. The number of nitrogens with zero attached hydrogens (tertiary/aromatic N) is 2. The molecule has 0 radical (unpaired) electrons. The van der Waals surface area contributed by atoms with Crippen molar-refractivity contribution in [1.82, 2.24) is 0 Å². The highest BCUT2D eigenvalue weighted by Crippen LogP contribution is 2.23. The Morgan fingerprint density at radius 1 is 1.04 bits per heavy atom. The van der Waals surface area contributed by atoms with Gasteiger partial charge in [0.25, 0.3) is 5.91 Å². The number of carbonyl (C=O) groups is 2. The minimum absolute atomic E-state index is 0.149. The normalized spacial score (nSPS) is 14.1. The Morgan fingerprint density at radius 3 is 2.38 bits per heavy atom. The molecule has 1 fully saturated rings. The van der Waals surface area contributed by atoms with Crippen LogP contribution in [-0.4, -0.2) is 18.4 Å². The Labute approximate surface area is 140 Å². The smallest absolute Gasteiger partial charge is 0.255 e. The van der Waals surface area contributed by atoms with E-state index in [9.17, 15) is 9.59 Å². The van der Waals surface area contributed by atoms with Crippen molar-refractivity contribution in [2.45, 2.75) is 19.3 Å². The first kappa shape index (κ1) is 15.8. The molecule has 1 aliphatic heterocycles. The minimum atomic E-state index is -0.235. The third-order valence-corrected chi connectivity index (χ3v) is 4.04. The second kappa shape index (κ2) is 6.97. The molecule has 5 nitrogen and oxygen atoms in total. The van der Waals surface area contributed by atoms with Crippen LogP contribution in [0, 0.1) is 11.3 Å². The highest BCUT2D eigenvalue weighted by atomic mass is 16.2. The molecule has 0 saturated carbocycles. The quantitative estimate of drug-likeness (QED) is 0.943. The zero-order valence-corrected chi connectivity index (χ0v) is 13.2. The van der Waals surface area contributed by atoms with E-state index in [2.05, 4.69) is 5.32 Å². The lowest BCUT2D eigenvalue weighted by Gasteiger charge is -2.26. The molecular formula is C19H17N3O2. The van der Waals surface area contributed by atoms with E-state index in [0.29, 0.717) is 23.2 Å². The molecule has 2 amide bonds. The van der Waals surface area contributed by atoms with Crippen LogP contribution in [0.5, 0.6) is 0 Å². The Morgan fingerprint density at radius 2 is 1.75 bits per heavy atom. The summed E-state index contributed by atoms with van der Waals surface area (Å²) in [4.78, 5) is 25.9. The molecule has 1 aliphatic rings. The summed E-state index contributed by atoms with van der Waals surface area (Å²) in [6.45, 7) is 0.746. The van der Waals surface area contributed by atoms with Gasteiger partial charge in [-0.3, -0.25) is 9.59 Å². The summed E-state index contributed by atoms with van der Waals surface area (Å²) >= 11 is 0. The van der Waals surface area contributed by atoms with Gasteiger partial charge in [0.05, 0.1) is 11.6 Å². The zero-order chi connectivity index (χ0) is 16.9. The number of nitrogens with one attached hydrogen (secondary N) is 1. The molecule has 1 heterocycles. The van der Waals surface area contributed by atoms with Crippen molar-refractivity contribution in [2.24, 2.45) is 0 Å². The van der Waals surface area contributed by atoms with Crippen molar-refractivity contribution in [3.05, 3.63) is 59.7 Å². The summed E-state index contributed by atoms with van der Waals surface area (Å²) in [5.74, 6) is -0.0862. The van der Waals surface area contributed by atoms with Crippen molar-refractivity contribution in [2.75, 3.05) is 16.8 Å². The van der Waals surface area contributed by atoms with Crippen LogP contribution in [0.4, 0.5) is 11.4 Å². The standard InChI is InChI=1S/C19H17N3O2/c20-13-14-4-6-15(7-5-14)19(24)21-16-8-10-17(11-9-16)22-12-2-1-3-18(22)23/h4-11H,1-3,12H2,(H,21,24). The number of nitriles is 1. The van der Waals surface area contributed by atoms with Crippen molar-refractivity contribution in [3.8, 4) is 6.07 Å². The van der Waals surface area contributed by atoms with Crippen LogP contribution in [0.15, 0.2) is 48.5 Å². The first-order chi connectivity index (χ1) is 11.7. The first-order valence-electron chi connectivity index (χ1n) is 7.89. The van der Waals surface area contributed by atoms with E-state index in [0.717, 1.165) is 25.1 Å². The number of rotatable bonds is 3. The van der Waals surface area contributed by atoms with Gasteiger partial charge in [-0.2, -0.15) is 5.26 Å². The number of carbonyl (C=O) groups excluding carboxylic acids is 2. The molecule has 0 spiro atoms. The van der Waals surface area contributed by atoms with Gasteiger partial charge in [0.1, 0.15) is 0 Å². The van der Waals surface area contributed by atoms with Crippen molar-refractivity contribution >= 4 is 23.2 Å². The van der Waals surface area contributed by atoms with Gasteiger partial charge >= 0.3 is 0 Å². The lowest BCUT2D eigenvalue weighted by molar-refractivity contribution is -0.119. The molecule has 0 aromatic heterocycles. The van der Waals surface area contributed by atoms with E-state index < -0.39 is 0 Å². The third-order valence-electron chi connectivity index (χ3n) is 4.04. The highest BCUT2D eigenvalue weighted by Gasteiger charge is 2.19. The molecule has 5 heteroatoms. The van der Waals surface area contributed by atoms with Crippen LogP contribution in [0.2, 0.25) is 0 Å². The van der Waals surface area contributed by atoms with Gasteiger partial charge in [0, 0.05) is 29.9 Å². The highest BCUT2D eigenvalue weighted by molar-refractivity contribution is 6.04. The molecular weight excluding hydrogens is 302 g/mol. The molecule has 120 valence electrons. The molecule has 3 rings (SSSR count). The van der Waals surface area contributed by atoms with Crippen LogP contribution in [0.1, 0.15) is 35.2 Å². The Hall–Kier alpha value is -3.13. The fourth-order valence-electron chi connectivity index (χ4n) is 2.70. The first-order valence-corrected chi connectivity index (χ1v) is 7.89. The van der Waals surface area contributed by atoms with Crippen LogP contribution < -0.4 is 10.2 Å². The van der Waals surface area contributed by atoms with Gasteiger partial charge < -0.3 is 10.2 Å². The molecule has 0 unspecified atom stereocenters. The number of hydrogen-bond donors (Lipinski definition) is 1. The largest absolute Gasteiger partial charge is 0.322 e. The number of benzene rings is 2. The minimum Gasteiger partial charge on any atom is -0.322 e. The van der Waals surface area contributed by atoms with Crippen molar-refractivity contribution in [3.63, 3.8) is 0 Å². The number of anilines is 2. The van der Waals surface area contributed by atoms with Gasteiger partial charge in [-0.15, -0.1) is 0 Å². The average Bonchev–Trinajstić information content (AvgIpc) is 2.63. The SMILES string of the molecule is N#Cc1ccc(C(=O)Nc2ccc(N3CCCCC3=O)cc2)cc1. The summed E-state index contributed by atoms with van der Waals surface area (Å²) in [6, 6.07) is 15.8. The zero-order valence-electron chi connectivity index (χ0n) is 13.2. The monoisotopic (exact) mass is 319 g/mol. The van der Waals surface area contributed by atoms with Crippen LogP contribution in [0.25, 0.3) is 0 Å². The predicted octanol–water partition coefficient (Wildman–Crippen LogP) is 3.33. The summed E-state index contributed by atoms with van der Waals surface area (Å²) in [6.07, 6.45) is 2.56. The lowest BCUT2D eigenvalue weighted by atomic mass is 10.1. The lowest BCUT2D eigenvalue weighted by Crippen LogP contribution is -2.35. The molecule has 24 heavy (non-hydrogen) atoms. The number of piperidine rings is 1. The van der Waals surface area contributed by atoms with E-state index in [4.69, 9.17) is 5.26 Å².